The predicted molar refractivity (Wildman–Crippen MR) is 78.1 cm³/mol. The van der Waals surface area contributed by atoms with E-state index in [0.717, 1.165) is 19.4 Å². The van der Waals surface area contributed by atoms with E-state index in [2.05, 4.69) is 16.0 Å². The second-order valence-electron chi connectivity index (χ2n) is 5.74. The standard InChI is InChI=1S/C16H26N2O/c1-14(19)12-16-7-3-2-4-10-18(16)11-8-15-6-5-9-17-13-15/h5-6,9,13-14,16,19H,2-4,7-8,10-12H2,1H3. The molecular weight excluding hydrogens is 236 g/mol. The number of aliphatic hydroxyl groups is 1. The molecule has 0 aliphatic carbocycles. The van der Waals surface area contributed by atoms with Crippen LogP contribution in [0.4, 0.5) is 0 Å². The summed E-state index contributed by atoms with van der Waals surface area (Å²) in [4.78, 5) is 6.75. The first-order chi connectivity index (χ1) is 9.25. The van der Waals surface area contributed by atoms with E-state index < -0.39 is 0 Å². The Morgan fingerprint density at radius 2 is 2.32 bits per heavy atom. The van der Waals surface area contributed by atoms with Gasteiger partial charge in [0.15, 0.2) is 0 Å². The first-order valence-electron chi connectivity index (χ1n) is 7.56. The topological polar surface area (TPSA) is 36.4 Å². The van der Waals surface area contributed by atoms with Gasteiger partial charge in [-0.15, -0.1) is 0 Å². The minimum atomic E-state index is -0.191. The fourth-order valence-electron chi connectivity index (χ4n) is 3.01. The lowest BCUT2D eigenvalue weighted by Gasteiger charge is -2.30. The molecule has 0 aromatic carbocycles. The molecule has 106 valence electrons. The number of pyridine rings is 1. The Morgan fingerprint density at radius 3 is 3.05 bits per heavy atom. The van der Waals surface area contributed by atoms with Crippen molar-refractivity contribution in [1.82, 2.24) is 9.88 Å². The number of nitrogens with zero attached hydrogens (tertiary/aromatic N) is 2. The summed E-state index contributed by atoms with van der Waals surface area (Å²) in [5.41, 5.74) is 1.31. The molecule has 2 unspecified atom stereocenters. The molecule has 2 atom stereocenters. The van der Waals surface area contributed by atoms with Crippen molar-refractivity contribution in [2.45, 2.75) is 57.6 Å². The lowest BCUT2D eigenvalue weighted by molar-refractivity contribution is 0.113. The van der Waals surface area contributed by atoms with Crippen LogP contribution < -0.4 is 0 Å². The monoisotopic (exact) mass is 262 g/mol. The molecule has 19 heavy (non-hydrogen) atoms. The molecule has 1 aromatic rings. The molecule has 1 aliphatic rings. The molecule has 1 aliphatic heterocycles. The number of hydrogen-bond donors (Lipinski definition) is 1. The third kappa shape index (κ3) is 4.92. The van der Waals surface area contributed by atoms with Crippen LogP contribution in [0.2, 0.25) is 0 Å². The summed E-state index contributed by atoms with van der Waals surface area (Å²) >= 11 is 0. The van der Waals surface area contributed by atoms with Crippen molar-refractivity contribution in [3.63, 3.8) is 0 Å². The molecule has 1 N–H and O–H groups in total. The molecular formula is C16H26N2O. The van der Waals surface area contributed by atoms with Crippen LogP contribution in [0.1, 0.15) is 44.6 Å². The Kier molecular flexibility index (Phi) is 5.80. The van der Waals surface area contributed by atoms with Gasteiger partial charge in [0.05, 0.1) is 6.10 Å². The Bertz CT molecular complexity index is 353. The maximum atomic E-state index is 9.66. The average Bonchev–Trinajstić information content (AvgIpc) is 2.62. The van der Waals surface area contributed by atoms with Gasteiger partial charge in [0.1, 0.15) is 0 Å². The molecule has 3 nitrogen and oxygen atoms in total. The van der Waals surface area contributed by atoms with Crippen LogP contribution in [0.25, 0.3) is 0 Å². The van der Waals surface area contributed by atoms with Gasteiger partial charge in [-0.25, -0.2) is 0 Å². The number of likely N-dealkylation sites (tertiary alicyclic amines) is 1. The molecule has 2 rings (SSSR count). The highest BCUT2D eigenvalue weighted by molar-refractivity contribution is 5.08. The minimum absolute atomic E-state index is 0.191. The van der Waals surface area contributed by atoms with Gasteiger partial charge in [-0.1, -0.05) is 18.9 Å². The average molecular weight is 262 g/mol. The van der Waals surface area contributed by atoms with Gasteiger partial charge < -0.3 is 5.11 Å². The van der Waals surface area contributed by atoms with E-state index in [0.29, 0.717) is 6.04 Å². The molecule has 0 radical (unpaired) electrons. The van der Waals surface area contributed by atoms with Gasteiger partial charge in [0.2, 0.25) is 0 Å². The third-order valence-corrected chi connectivity index (χ3v) is 4.02. The van der Waals surface area contributed by atoms with Crippen LogP contribution in [0.3, 0.4) is 0 Å². The summed E-state index contributed by atoms with van der Waals surface area (Å²) in [6.07, 6.45) is 10.7. The molecule has 3 heteroatoms. The molecule has 1 saturated heterocycles. The Morgan fingerprint density at radius 1 is 1.42 bits per heavy atom. The summed E-state index contributed by atoms with van der Waals surface area (Å²) in [5, 5.41) is 9.66. The summed E-state index contributed by atoms with van der Waals surface area (Å²) in [5.74, 6) is 0. The van der Waals surface area contributed by atoms with E-state index in [1.165, 1.54) is 37.8 Å². The maximum Gasteiger partial charge on any atom is 0.0527 e. The normalized spacial score (nSPS) is 22.9. The summed E-state index contributed by atoms with van der Waals surface area (Å²) in [6.45, 7) is 4.17. The van der Waals surface area contributed by atoms with E-state index in [4.69, 9.17) is 0 Å². The SMILES string of the molecule is CC(O)CC1CCCCCN1CCc1cccnc1. The second-order valence-corrected chi connectivity index (χ2v) is 5.74. The fourth-order valence-corrected chi connectivity index (χ4v) is 3.01. The third-order valence-electron chi connectivity index (χ3n) is 4.02. The van der Waals surface area contributed by atoms with Crippen molar-refractivity contribution in [2.75, 3.05) is 13.1 Å². The quantitative estimate of drug-likeness (QED) is 0.886. The Hall–Kier alpha value is -0.930. The van der Waals surface area contributed by atoms with Crippen molar-refractivity contribution in [3.8, 4) is 0 Å². The first-order valence-corrected chi connectivity index (χ1v) is 7.56. The largest absolute Gasteiger partial charge is 0.393 e. The number of aliphatic hydroxyl groups excluding tert-OH is 1. The highest BCUT2D eigenvalue weighted by Crippen LogP contribution is 2.20. The van der Waals surface area contributed by atoms with Crippen LogP contribution in [-0.2, 0) is 6.42 Å². The first kappa shape index (κ1) is 14.5. The lowest BCUT2D eigenvalue weighted by atomic mass is 10.0. The van der Waals surface area contributed by atoms with Crippen molar-refractivity contribution in [2.24, 2.45) is 0 Å². The van der Waals surface area contributed by atoms with Crippen molar-refractivity contribution >= 4 is 0 Å². The van der Waals surface area contributed by atoms with Crippen molar-refractivity contribution in [1.29, 1.82) is 0 Å². The van der Waals surface area contributed by atoms with Crippen molar-refractivity contribution < 1.29 is 5.11 Å². The van der Waals surface area contributed by atoms with Crippen LogP contribution in [0, 0.1) is 0 Å². The second kappa shape index (κ2) is 7.61. The van der Waals surface area contributed by atoms with E-state index >= 15 is 0 Å². The predicted octanol–water partition coefficient (Wildman–Crippen LogP) is 2.64. The molecule has 2 heterocycles. The highest BCUT2D eigenvalue weighted by atomic mass is 16.3. The highest BCUT2D eigenvalue weighted by Gasteiger charge is 2.21. The summed E-state index contributed by atoms with van der Waals surface area (Å²) in [7, 11) is 0. The van der Waals surface area contributed by atoms with E-state index in [9.17, 15) is 5.11 Å². The van der Waals surface area contributed by atoms with E-state index in [-0.39, 0.29) is 6.10 Å². The Labute approximate surface area is 116 Å². The van der Waals surface area contributed by atoms with Crippen LogP contribution >= 0.6 is 0 Å². The Balaban J connectivity index is 1.90. The van der Waals surface area contributed by atoms with Gasteiger partial charge in [0, 0.05) is 25.0 Å². The van der Waals surface area contributed by atoms with Gasteiger partial charge in [-0.2, -0.15) is 0 Å². The van der Waals surface area contributed by atoms with Crippen LogP contribution in [-0.4, -0.2) is 40.2 Å². The molecule has 1 fully saturated rings. The van der Waals surface area contributed by atoms with Crippen molar-refractivity contribution in [3.05, 3.63) is 30.1 Å². The van der Waals surface area contributed by atoms with Gasteiger partial charge in [0.25, 0.3) is 0 Å². The molecule has 1 aromatic heterocycles. The zero-order valence-corrected chi connectivity index (χ0v) is 12.0. The number of hydrogen-bond acceptors (Lipinski definition) is 3. The fraction of sp³-hybridized carbons (Fsp3) is 0.688. The van der Waals surface area contributed by atoms with Crippen LogP contribution in [0.5, 0.6) is 0 Å². The molecule has 0 saturated carbocycles. The zero-order valence-electron chi connectivity index (χ0n) is 12.0. The van der Waals surface area contributed by atoms with E-state index in [1.807, 2.05) is 25.4 Å². The van der Waals surface area contributed by atoms with Gasteiger partial charge >= 0.3 is 0 Å². The molecule has 0 amide bonds. The number of aromatic nitrogens is 1. The van der Waals surface area contributed by atoms with E-state index in [1.54, 1.807) is 0 Å². The van der Waals surface area contributed by atoms with Crippen LogP contribution in [0.15, 0.2) is 24.5 Å². The molecule has 0 spiro atoms. The zero-order chi connectivity index (χ0) is 13.5. The maximum absolute atomic E-state index is 9.66. The smallest absolute Gasteiger partial charge is 0.0527 e. The lowest BCUT2D eigenvalue weighted by Crippen LogP contribution is -2.38. The summed E-state index contributed by atoms with van der Waals surface area (Å²) < 4.78 is 0. The molecule has 0 bridgehead atoms. The number of rotatable bonds is 5. The minimum Gasteiger partial charge on any atom is -0.393 e. The van der Waals surface area contributed by atoms with Gasteiger partial charge in [-0.3, -0.25) is 9.88 Å². The van der Waals surface area contributed by atoms with Gasteiger partial charge in [-0.05, 0) is 50.8 Å². The summed E-state index contributed by atoms with van der Waals surface area (Å²) in [6, 6.07) is 4.71.